The van der Waals surface area contributed by atoms with E-state index in [0.717, 1.165) is 0 Å². The largest absolute Gasteiger partial charge is 0.478 e. The third kappa shape index (κ3) is 2.54. The summed E-state index contributed by atoms with van der Waals surface area (Å²) in [6, 6.07) is 4.27. The molecule has 1 rings (SSSR count). The maximum absolute atomic E-state index is 10.8. The molecule has 0 aliphatic heterocycles. The van der Waals surface area contributed by atoms with Gasteiger partial charge in [0.2, 0.25) is 0 Å². The molecule has 1 aromatic carbocycles. The summed E-state index contributed by atoms with van der Waals surface area (Å²) in [5.41, 5.74) is 0.127. The molecule has 5 heteroatoms. The average molecular weight is 210 g/mol. The smallest absolute Gasteiger partial charge is 0.339 e. The summed E-state index contributed by atoms with van der Waals surface area (Å²) >= 11 is 0. The predicted octanol–water partition coefficient (Wildman–Crippen LogP) is 0.802. The van der Waals surface area contributed by atoms with E-state index in [1.165, 1.54) is 25.1 Å². The first-order valence-electron chi connectivity index (χ1n) is 4.20. The molecule has 2 N–H and O–H groups in total. The highest BCUT2D eigenvalue weighted by Gasteiger charge is 2.16. The minimum atomic E-state index is -1.21. The Bertz CT molecular complexity index is 397. The SMILES string of the molecule is CC(=O)Oc1c(CO)cccc1C(=O)O. The van der Waals surface area contributed by atoms with Gasteiger partial charge in [-0.2, -0.15) is 0 Å². The number of aliphatic hydroxyl groups excluding tert-OH is 1. The fraction of sp³-hybridized carbons (Fsp3) is 0.200. The van der Waals surface area contributed by atoms with Crippen molar-refractivity contribution in [1.29, 1.82) is 0 Å². The van der Waals surface area contributed by atoms with E-state index in [2.05, 4.69) is 0 Å². The van der Waals surface area contributed by atoms with Gasteiger partial charge in [0.15, 0.2) is 5.75 Å². The van der Waals surface area contributed by atoms with E-state index in [1.807, 2.05) is 0 Å². The standard InChI is InChI=1S/C10H10O5/c1-6(12)15-9-7(5-11)3-2-4-8(9)10(13)14/h2-4,11H,5H2,1H3,(H,13,14). The summed E-state index contributed by atoms with van der Waals surface area (Å²) in [7, 11) is 0. The average Bonchev–Trinajstić information content (AvgIpc) is 2.16. The van der Waals surface area contributed by atoms with Crippen molar-refractivity contribution in [3.63, 3.8) is 0 Å². The number of aliphatic hydroxyl groups is 1. The summed E-state index contributed by atoms with van der Waals surface area (Å²) in [5.74, 6) is -1.93. The summed E-state index contributed by atoms with van der Waals surface area (Å²) < 4.78 is 4.75. The predicted molar refractivity (Wildman–Crippen MR) is 50.6 cm³/mol. The van der Waals surface area contributed by atoms with Gasteiger partial charge in [-0.1, -0.05) is 12.1 Å². The van der Waals surface area contributed by atoms with Gasteiger partial charge < -0.3 is 14.9 Å². The highest BCUT2D eigenvalue weighted by Crippen LogP contribution is 2.24. The fourth-order valence-corrected chi connectivity index (χ4v) is 1.14. The summed E-state index contributed by atoms with van der Waals surface area (Å²) in [6.07, 6.45) is 0. The molecule has 80 valence electrons. The molecule has 0 spiro atoms. The van der Waals surface area contributed by atoms with Crippen LogP contribution in [0.25, 0.3) is 0 Å². The first-order valence-corrected chi connectivity index (χ1v) is 4.20. The van der Waals surface area contributed by atoms with Crippen LogP contribution in [0, 0.1) is 0 Å². The number of ether oxygens (including phenoxy) is 1. The Hall–Kier alpha value is -1.88. The number of aromatic carboxylic acids is 1. The van der Waals surface area contributed by atoms with Gasteiger partial charge in [0, 0.05) is 12.5 Å². The monoisotopic (exact) mass is 210 g/mol. The topological polar surface area (TPSA) is 83.8 Å². The molecule has 1 aromatic rings. The highest BCUT2D eigenvalue weighted by molar-refractivity contribution is 5.92. The van der Waals surface area contributed by atoms with Crippen molar-refractivity contribution in [2.75, 3.05) is 0 Å². The molecule has 0 aromatic heterocycles. The number of hydrogen-bond acceptors (Lipinski definition) is 4. The van der Waals surface area contributed by atoms with Crippen molar-refractivity contribution < 1.29 is 24.5 Å². The van der Waals surface area contributed by atoms with Crippen molar-refractivity contribution >= 4 is 11.9 Å². The van der Waals surface area contributed by atoms with Crippen LogP contribution in [0.2, 0.25) is 0 Å². The van der Waals surface area contributed by atoms with Gasteiger partial charge in [0.1, 0.15) is 5.56 Å². The molecule has 0 heterocycles. The van der Waals surface area contributed by atoms with Crippen LogP contribution in [0.15, 0.2) is 18.2 Å². The van der Waals surface area contributed by atoms with Crippen molar-refractivity contribution in [3.8, 4) is 5.75 Å². The minimum Gasteiger partial charge on any atom is -0.478 e. The molecule has 0 fully saturated rings. The molecule has 0 atom stereocenters. The maximum atomic E-state index is 10.8. The molecule has 5 nitrogen and oxygen atoms in total. The summed E-state index contributed by atoms with van der Waals surface area (Å²) in [4.78, 5) is 21.6. The lowest BCUT2D eigenvalue weighted by atomic mass is 10.1. The van der Waals surface area contributed by atoms with Crippen LogP contribution in [0.1, 0.15) is 22.8 Å². The normalized spacial score (nSPS) is 9.73. The van der Waals surface area contributed by atoms with Crippen LogP contribution in [-0.4, -0.2) is 22.2 Å². The number of benzene rings is 1. The van der Waals surface area contributed by atoms with Crippen LogP contribution in [0.4, 0.5) is 0 Å². The molecule has 15 heavy (non-hydrogen) atoms. The lowest BCUT2D eigenvalue weighted by Gasteiger charge is -2.09. The van der Waals surface area contributed by atoms with E-state index >= 15 is 0 Å². The summed E-state index contributed by atoms with van der Waals surface area (Å²) in [6.45, 7) is 0.781. The zero-order chi connectivity index (χ0) is 11.4. The number of carboxylic acid groups (broad SMARTS) is 1. The second-order valence-electron chi connectivity index (χ2n) is 2.85. The Morgan fingerprint density at radius 1 is 1.40 bits per heavy atom. The van der Waals surface area contributed by atoms with Crippen LogP contribution in [0.5, 0.6) is 5.75 Å². The molecule has 0 aliphatic rings. The van der Waals surface area contributed by atoms with Gasteiger partial charge in [-0.3, -0.25) is 4.79 Å². The van der Waals surface area contributed by atoms with Gasteiger partial charge >= 0.3 is 11.9 Å². The van der Waals surface area contributed by atoms with Crippen LogP contribution < -0.4 is 4.74 Å². The number of carbonyl (C=O) groups is 2. The maximum Gasteiger partial charge on any atom is 0.339 e. The Balaban J connectivity index is 3.26. The van der Waals surface area contributed by atoms with Crippen LogP contribution >= 0.6 is 0 Å². The summed E-state index contributed by atoms with van der Waals surface area (Å²) in [5, 5.41) is 17.8. The third-order valence-corrected chi connectivity index (χ3v) is 1.74. The lowest BCUT2D eigenvalue weighted by Crippen LogP contribution is -2.09. The van der Waals surface area contributed by atoms with Crippen molar-refractivity contribution in [2.45, 2.75) is 13.5 Å². The van der Waals surface area contributed by atoms with Gasteiger partial charge in [-0.25, -0.2) is 4.79 Å². The second kappa shape index (κ2) is 4.56. The molecule has 0 radical (unpaired) electrons. The van der Waals surface area contributed by atoms with E-state index < -0.39 is 11.9 Å². The molecule has 0 saturated carbocycles. The number of hydrogen-bond donors (Lipinski definition) is 2. The van der Waals surface area contributed by atoms with Gasteiger partial charge in [0.25, 0.3) is 0 Å². The highest BCUT2D eigenvalue weighted by atomic mass is 16.5. The third-order valence-electron chi connectivity index (χ3n) is 1.74. The van der Waals surface area contributed by atoms with Crippen LogP contribution in [0.3, 0.4) is 0 Å². The zero-order valence-corrected chi connectivity index (χ0v) is 8.06. The van der Waals surface area contributed by atoms with E-state index in [0.29, 0.717) is 0 Å². The first-order chi connectivity index (χ1) is 7.06. The lowest BCUT2D eigenvalue weighted by molar-refractivity contribution is -0.131. The molecule has 0 amide bonds. The molecule has 0 saturated heterocycles. The Kier molecular flexibility index (Phi) is 3.41. The van der Waals surface area contributed by atoms with Crippen molar-refractivity contribution in [3.05, 3.63) is 29.3 Å². The minimum absolute atomic E-state index is 0.0972. The number of esters is 1. The molecular formula is C10H10O5. The van der Waals surface area contributed by atoms with Gasteiger partial charge in [-0.15, -0.1) is 0 Å². The molecule has 0 bridgehead atoms. The quantitative estimate of drug-likeness (QED) is 0.569. The Morgan fingerprint density at radius 3 is 2.53 bits per heavy atom. The molecular weight excluding hydrogens is 200 g/mol. The second-order valence-corrected chi connectivity index (χ2v) is 2.85. The Morgan fingerprint density at radius 2 is 2.07 bits per heavy atom. The van der Waals surface area contributed by atoms with Crippen molar-refractivity contribution in [1.82, 2.24) is 0 Å². The molecule has 0 aliphatic carbocycles. The number of para-hydroxylation sites is 1. The first kappa shape index (κ1) is 11.2. The van der Waals surface area contributed by atoms with E-state index in [1.54, 1.807) is 0 Å². The molecule has 0 unspecified atom stereocenters. The Labute approximate surface area is 85.9 Å². The van der Waals surface area contributed by atoms with E-state index in [-0.39, 0.29) is 23.5 Å². The van der Waals surface area contributed by atoms with Crippen LogP contribution in [-0.2, 0) is 11.4 Å². The van der Waals surface area contributed by atoms with Crippen molar-refractivity contribution in [2.24, 2.45) is 0 Å². The van der Waals surface area contributed by atoms with Gasteiger partial charge in [0.05, 0.1) is 6.61 Å². The van der Waals surface area contributed by atoms with E-state index in [4.69, 9.17) is 14.9 Å². The number of carboxylic acids is 1. The number of rotatable bonds is 3. The van der Waals surface area contributed by atoms with Gasteiger partial charge in [-0.05, 0) is 6.07 Å². The zero-order valence-electron chi connectivity index (χ0n) is 8.06. The van der Waals surface area contributed by atoms with E-state index in [9.17, 15) is 9.59 Å². The number of carbonyl (C=O) groups excluding carboxylic acids is 1. The fourth-order valence-electron chi connectivity index (χ4n) is 1.14.